The van der Waals surface area contributed by atoms with Gasteiger partial charge in [-0.25, -0.2) is 9.59 Å². The van der Waals surface area contributed by atoms with Crippen LogP contribution in [0.15, 0.2) is 0 Å². The molecule has 1 aliphatic heterocycles. The fraction of sp³-hybridized carbons (Fsp3) is 0.833. The lowest BCUT2D eigenvalue weighted by Crippen LogP contribution is -2.54. The molecule has 96 valence electrons. The van der Waals surface area contributed by atoms with E-state index in [2.05, 4.69) is 0 Å². The summed E-state index contributed by atoms with van der Waals surface area (Å²) in [4.78, 5) is 24.8. The number of hydrogen-bond donors (Lipinski definition) is 1. The van der Waals surface area contributed by atoms with Crippen molar-refractivity contribution in [2.24, 2.45) is 5.92 Å². The van der Waals surface area contributed by atoms with Crippen LogP contribution in [0.5, 0.6) is 0 Å². The number of fused-ring (bicyclic) bond motifs is 2. The minimum atomic E-state index is -1.01. The predicted octanol–water partition coefficient (Wildman–Crippen LogP) is 1.86. The van der Waals surface area contributed by atoms with Crippen molar-refractivity contribution in [2.75, 3.05) is 6.54 Å². The number of carboxylic acids is 1. The highest BCUT2D eigenvalue weighted by Gasteiger charge is 2.58. The maximum absolute atomic E-state index is 12.0. The summed E-state index contributed by atoms with van der Waals surface area (Å²) in [7, 11) is 0. The standard InChI is InChI=1S/C12H19NO4/c1-11(2,3)17-10(16)13-7-8-4-5-12(13,6-8)9(14)15/h8H,4-7H2,1-3H3,(H,14,15)/t8-,12-/m0/s1. The Morgan fingerprint density at radius 1 is 1.41 bits per heavy atom. The van der Waals surface area contributed by atoms with Crippen molar-refractivity contribution in [1.29, 1.82) is 0 Å². The summed E-state index contributed by atoms with van der Waals surface area (Å²) >= 11 is 0. The molecule has 1 heterocycles. The van der Waals surface area contributed by atoms with E-state index in [0.29, 0.717) is 25.3 Å². The Balaban J connectivity index is 2.17. The molecule has 2 aliphatic rings. The Labute approximate surface area is 101 Å². The summed E-state index contributed by atoms with van der Waals surface area (Å²) < 4.78 is 5.27. The molecule has 0 aromatic rings. The van der Waals surface area contributed by atoms with Crippen LogP contribution in [0, 0.1) is 5.92 Å². The number of rotatable bonds is 1. The Kier molecular flexibility index (Phi) is 2.60. The summed E-state index contributed by atoms with van der Waals surface area (Å²) in [6.07, 6.45) is 1.52. The summed E-state index contributed by atoms with van der Waals surface area (Å²) in [6.45, 7) is 5.87. The van der Waals surface area contributed by atoms with E-state index in [1.54, 1.807) is 20.8 Å². The van der Waals surface area contributed by atoms with Crippen molar-refractivity contribution < 1.29 is 19.4 Å². The van der Waals surface area contributed by atoms with E-state index < -0.39 is 23.2 Å². The van der Waals surface area contributed by atoms with Gasteiger partial charge in [0.2, 0.25) is 0 Å². The number of nitrogens with zero attached hydrogens (tertiary/aromatic N) is 1. The zero-order valence-corrected chi connectivity index (χ0v) is 10.5. The van der Waals surface area contributed by atoms with E-state index in [9.17, 15) is 14.7 Å². The Morgan fingerprint density at radius 2 is 2.06 bits per heavy atom. The molecule has 1 amide bonds. The second-order valence-corrected chi connectivity index (χ2v) is 6.04. The molecule has 0 aromatic heterocycles. The van der Waals surface area contributed by atoms with Gasteiger partial charge in [-0.3, -0.25) is 4.90 Å². The summed E-state index contributed by atoms with van der Waals surface area (Å²) in [5, 5.41) is 9.36. The number of carbonyl (C=O) groups is 2. The van der Waals surface area contributed by atoms with E-state index in [0.717, 1.165) is 6.42 Å². The highest BCUT2D eigenvalue weighted by molar-refractivity contribution is 5.86. The van der Waals surface area contributed by atoms with Crippen LogP contribution in [-0.4, -0.2) is 39.8 Å². The van der Waals surface area contributed by atoms with Crippen molar-refractivity contribution in [3.05, 3.63) is 0 Å². The van der Waals surface area contributed by atoms with Gasteiger partial charge in [0.05, 0.1) is 0 Å². The Bertz CT molecular complexity index is 360. The topological polar surface area (TPSA) is 66.8 Å². The fourth-order valence-electron chi connectivity index (χ4n) is 2.83. The number of ether oxygens (including phenoxy) is 1. The predicted molar refractivity (Wildman–Crippen MR) is 60.6 cm³/mol. The molecule has 0 unspecified atom stereocenters. The van der Waals surface area contributed by atoms with Gasteiger partial charge in [0, 0.05) is 6.54 Å². The zero-order valence-electron chi connectivity index (χ0n) is 10.5. The second kappa shape index (κ2) is 3.62. The lowest BCUT2D eigenvalue weighted by Gasteiger charge is -2.36. The number of aliphatic carboxylic acids is 1. The van der Waals surface area contributed by atoms with Gasteiger partial charge in [-0.15, -0.1) is 0 Å². The highest BCUT2D eigenvalue weighted by atomic mass is 16.6. The largest absolute Gasteiger partial charge is 0.479 e. The number of carbonyl (C=O) groups excluding carboxylic acids is 1. The summed E-state index contributed by atoms with van der Waals surface area (Å²) in [5.41, 5.74) is -1.59. The third-order valence-electron chi connectivity index (χ3n) is 3.56. The van der Waals surface area contributed by atoms with Crippen LogP contribution >= 0.6 is 0 Å². The molecular formula is C12H19NO4. The monoisotopic (exact) mass is 241 g/mol. The van der Waals surface area contributed by atoms with Crippen molar-refractivity contribution >= 4 is 12.1 Å². The fourth-order valence-corrected chi connectivity index (χ4v) is 2.83. The molecule has 5 nitrogen and oxygen atoms in total. The molecule has 1 saturated heterocycles. The van der Waals surface area contributed by atoms with E-state index in [4.69, 9.17) is 4.74 Å². The third-order valence-corrected chi connectivity index (χ3v) is 3.56. The van der Waals surface area contributed by atoms with Crippen molar-refractivity contribution in [2.45, 2.75) is 51.2 Å². The minimum Gasteiger partial charge on any atom is -0.479 e. The average Bonchev–Trinajstić information content (AvgIpc) is 2.72. The lowest BCUT2D eigenvalue weighted by atomic mass is 9.98. The first-order valence-corrected chi connectivity index (χ1v) is 5.99. The van der Waals surface area contributed by atoms with Gasteiger partial charge in [0.15, 0.2) is 0 Å². The van der Waals surface area contributed by atoms with E-state index in [1.165, 1.54) is 4.90 Å². The van der Waals surface area contributed by atoms with Crippen molar-refractivity contribution in [1.82, 2.24) is 4.90 Å². The molecule has 2 bridgehead atoms. The van der Waals surface area contributed by atoms with Gasteiger partial charge in [0.1, 0.15) is 11.1 Å². The molecule has 2 rings (SSSR count). The molecule has 17 heavy (non-hydrogen) atoms. The van der Waals surface area contributed by atoms with Crippen LogP contribution in [-0.2, 0) is 9.53 Å². The molecule has 0 spiro atoms. The molecule has 1 N–H and O–H groups in total. The normalized spacial score (nSPS) is 31.7. The number of likely N-dealkylation sites (tertiary alicyclic amines) is 1. The quantitative estimate of drug-likeness (QED) is 0.761. The average molecular weight is 241 g/mol. The first-order chi connectivity index (χ1) is 7.74. The molecule has 1 aliphatic carbocycles. The van der Waals surface area contributed by atoms with Crippen LogP contribution in [0.2, 0.25) is 0 Å². The maximum atomic E-state index is 12.0. The second-order valence-electron chi connectivity index (χ2n) is 6.04. The molecule has 0 radical (unpaired) electrons. The van der Waals surface area contributed by atoms with Crippen LogP contribution in [0.25, 0.3) is 0 Å². The molecule has 2 fully saturated rings. The first-order valence-electron chi connectivity index (χ1n) is 5.99. The Hall–Kier alpha value is -1.26. The summed E-state index contributed by atoms with van der Waals surface area (Å²) in [6, 6.07) is 0. The van der Waals surface area contributed by atoms with Crippen molar-refractivity contribution in [3.8, 4) is 0 Å². The Morgan fingerprint density at radius 3 is 2.53 bits per heavy atom. The molecule has 0 aromatic carbocycles. The van der Waals surface area contributed by atoms with Gasteiger partial charge < -0.3 is 9.84 Å². The number of amides is 1. The van der Waals surface area contributed by atoms with Gasteiger partial charge in [-0.2, -0.15) is 0 Å². The zero-order chi connectivity index (χ0) is 12.8. The number of carboxylic acid groups (broad SMARTS) is 1. The van der Waals surface area contributed by atoms with Gasteiger partial charge in [-0.05, 0) is 46.0 Å². The molecule has 1 saturated carbocycles. The maximum Gasteiger partial charge on any atom is 0.411 e. The van der Waals surface area contributed by atoms with Gasteiger partial charge >= 0.3 is 12.1 Å². The number of piperidine rings is 1. The third kappa shape index (κ3) is 1.98. The summed E-state index contributed by atoms with van der Waals surface area (Å²) in [5.74, 6) is -0.582. The van der Waals surface area contributed by atoms with E-state index in [1.807, 2.05) is 0 Å². The van der Waals surface area contributed by atoms with E-state index in [-0.39, 0.29) is 0 Å². The highest BCUT2D eigenvalue weighted by Crippen LogP contribution is 2.47. The lowest BCUT2D eigenvalue weighted by molar-refractivity contribution is -0.149. The van der Waals surface area contributed by atoms with E-state index >= 15 is 0 Å². The minimum absolute atomic E-state index is 0.318. The number of hydrogen-bond acceptors (Lipinski definition) is 3. The van der Waals surface area contributed by atoms with Crippen LogP contribution < -0.4 is 0 Å². The molecular weight excluding hydrogens is 222 g/mol. The first kappa shape index (κ1) is 12.2. The molecule has 2 atom stereocenters. The van der Waals surface area contributed by atoms with Crippen molar-refractivity contribution in [3.63, 3.8) is 0 Å². The van der Waals surface area contributed by atoms with Gasteiger partial charge in [0.25, 0.3) is 0 Å². The van der Waals surface area contributed by atoms with Crippen LogP contribution in [0.1, 0.15) is 40.0 Å². The van der Waals surface area contributed by atoms with Crippen LogP contribution in [0.4, 0.5) is 4.79 Å². The smallest absolute Gasteiger partial charge is 0.411 e. The van der Waals surface area contributed by atoms with Crippen LogP contribution in [0.3, 0.4) is 0 Å². The molecule has 5 heteroatoms. The SMILES string of the molecule is CC(C)(C)OC(=O)N1C[C@H]2CC[C@@]1(C(=O)O)C2. The van der Waals surface area contributed by atoms with Gasteiger partial charge in [-0.1, -0.05) is 0 Å².